The zero-order valence-corrected chi connectivity index (χ0v) is 12.7. The fourth-order valence-corrected chi connectivity index (χ4v) is 2.37. The number of nitrogens with one attached hydrogen (secondary N) is 3. The second-order valence-electron chi connectivity index (χ2n) is 5.25. The van der Waals surface area contributed by atoms with Crippen LogP contribution in [0.2, 0.25) is 5.02 Å². The third-order valence-corrected chi connectivity index (χ3v) is 3.74. The molecule has 0 spiro atoms. The Morgan fingerprint density at radius 3 is 2.67 bits per heavy atom. The zero-order chi connectivity index (χ0) is 15.2. The predicted octanol–water partition coefficient (Wildman–Crippen LogP) is 1.33. The van der Waals surface area contributed by atoms with Crippen LogP contribution >= 0.6 is 11.6 Å². The number of carbonyl (C=O) groups excluding carboxylic acids is 2. The summed E-state index contributed by atoms with van der Waals surface area (Å²) in [4.78, 5) is 24.1. The van der Waals surface area contributed by atoms with Gasteiger partial charge in [-0.15, -0.1) is 0 Å². The molecule has 21 heavy (non-hydrogen) atoms. The van der Waals surface area contributed by atoms with Gasteiger partial charge in [0.15, 0.2) is 0 Å². The maximum atomic E-state index is 12.1. The van der Waals surface area contributed by atoms with Crippen molar-refractivity contribution in [3.05, 3.63) is 34.9 Å². The molecule has 0 aromatic heterocycles. The van der Waals surface area contributed by atoms with Crippen LogP contribution in [0, 0.1) is 0 Å². The third-order valence-electron chi connectivity index (χ3n) is 3.49. The lowest BCUT2D eigenvalue weighted by molar-refractivity contribution is -0.123. The molecule has 0 saturated carbocycles. The van der Waals surface area contributed by atoms with Gasteiger partial charge in [-0.1, -0.05) is 11.6 Å². The van der Waals surface area contributed by atoms with Crippen LogP contribution in [0.25, 0.3) is 0 Å². The Hall–Kier alpha value is -1.59. The van der Waals surface area contributed by atoms with E-state index in [1.165, 1.54) is 0 Å². The Morgan fingerprint density at radius 1 is 1.33 bits per heavy atom. The fourth-order valence-electron chi connectivity index (χ4n) is 2.25. The molecule has 1 aliphatic heterocycles. The first-order valence-electron chi connectivity index (χ1n) is 7.14. The highest BCUT2D eigenvalue weighted by Crippen LogP contribution is 2.09. The van der Waals surface area contributed by atoms with Gasteiger partial charge in [0.05, 0.1) is 0 Å². The number of benzene rings is 1. The summed E-state index contributed by atoms with van der Waals surface area (Å²) in [6.45, 7) is 3.46. The summed E-state index contributed by atoms with van der Waals surface area (Å²) >= 11 is 5.78. The number of piperidine rings is 1. The van der Waals surface area contributed by atoms with Crippen LogP contribution in [-0.2, 0) is 4.79 Å². The molecule has 0 bridgehead atoms. The zero-order valence-electron chi connectivity index (χ0n) is 12.0. The average Bonchev–Trinajstić information content (AvgIpc) is 2.48. The van der Waals surface area contributed by atoms with Crippen molar-refractivity contribution in [3.8, 4) is 0 Å². The van der Waals surface area contributed by atoms with Crippen LogP contribution in [0.15, 0.2) is 24.3 Å². The smallest absolute Gasteiger partial charge is 0.251 e. The lowest BCUT2D eigenvalue weighted by Crippen LogP contribution is -2.52. The summed E-state index contributed by atoms with van der Waals surface area (Å²) < 4.78 is 0. The molecule has 1 aromatic rings. The van der Waals surface area contributed by atoms with Crippen molar-refractivity contribution < 1.29 is 9.59 Å². The normalized spacial score (nSPS) is 19.6. The van der Waals surface area contributed by atoms with E-state index in [4.69, 9.17) is 11.6 Å². The molecular formula is C15H20ClN3O2. The molecule has 1 aromatic carbocycles. The average molecular weight is 310 g/mol. The quantitative estimate of drug-likeness (QED) is 0.786. The van der Waals surface area contributed by atoms with Gasteiger partial charge in [0.1, 0.15) is 6.04 Å². The van der Waals surface area contributed by atoms with Crippen molar-refractivity contribution in [1.29, 1.82) is 0 Å². The topological polar surface area (TPSA) is 70.2 Å². The number of rotatable bonds is 4. The molecule has 1 aliphatic rings. The first kappa shape index (κ1) is 15.8. The lowest BCUT2D eigenvalue weighted by Gasteiger charge is -2.25. The standard InChI is InChI=1S/C15H20ClN3O2/c1-10(14(20)19-13-3-2-8-17-9-13)18-15(21)11-4-6-12(16)7-5-11/h4-7,10,13,17H,2-3,8-9H2,1H3,(H,18,21)(H,19,20)/t10?,13-/m0/s1. The molecule has 0 aliphatic carbocycles. The number of hydrogen-bond donors (Lipinski definition) is 3. The molecule has 2 amide bonds. The second-order valence-corrected chi connectivity index (χ2v) is 5.69. The Balaban J connectivity index is 1.84. The Bertz CT molecular complexity index is 498. The van der Waals surface area contributed by atoms with Gasteiger partial charge in [0.2, 0.25) is 5.91 Å². The van der Waals surface area contributed by atoms with Gasteiger partial charge in [-0.2, -0.15) is 0 Å². The summed E-state index contributed by atoms with van der Waals surface area (Å²) in [5.41, 5.74) is 0.485. The maximum absolute atomic E-state index is 12.1. The van der Waals surface area contributed by atoms with E-state index in [-0.39, 0.29) is 17.9 Å². The molecule has 1 fully saturated rings. The second kappa shape index (κ2) is 7.43. The molecule has 0 radical (unpaired) electrons. The summed E-state index contributed by atoms with van der Waals surface area (Å²) in [5.74, 6) is -0.443. The number of halogens is 1. The fraction of sp³-hybridized carbons (Fsp3) is 0.467. The first-order chi connectivity index (χ1) is 10.1. The minimum absolute atomic E-state index is 0.140. The van der Waals surface area contributed by atoms with Gasteiger partial charge in [-0.25, -0.2) is 0 Å². The molecule has 3 N–H and O–H groups in total. The molecule has 5 nitrogen and oxygen atoms in total. The molecule has 2 rings (SSSR count). The largest absolute Gasteiger partial charge is 0.350 e. The lowest BCUT2D eigenvalue weighted by atomic mass is 10.1. The molecule has 1 unspecified atom stereocenters. The van der Waals surface area contributed by atoms with Crippen molar-refractivity contribution in [1.82, 2.24) is 16.0 Å². The van der Waals surface area contributed by atoms with E-state index in [2.05, 4.69) is 16.0 Å². The highest BCUT2D eigenvalue weighted by Gasteiger charge is 2.21. The molecule has 1 saturated heterocycles. The van der Waals surface area contributed by atoms with Gasteiger partial charge in [-0.05, 0) is 50.6 Å². The minimum atomic E-state index is -0.574. The van der Waals surface area contributed by atoms with Crippen molar-refractivity contribution >= 4 is 23.4 Å². The molecular weight excluding hydrogens is 290 g/mol. The summed E-state index contributed by atoms with van der Waals surface area (Å²) in [7, 11) is 0. The van der Waals surface area contributed by atoms with Crippen LogP contribution in [0.1, 0.15) is 30.1 Å². The molecule has 1 heterocycles. The minimum Gasteiger partial charge on any atom is -0.350 e. The summed E-state index contributed by atoms with van der Waals surface area (Å²) in [6, 6.07) is 6.13. The van der Waals surface area contributed by atoms with Crippen molar-refractivity contribution in [2.24, 2.45) is 0 Å². The van der Waals surface area contributed by atoms with Crippen LogP contribution in [0.3, 0.4) is 0 Å². The van der Waals surface area contributed by atoms with Crippen LogP contribution < -0.4 is 16.0 Å². The van der Waals surface area contributed by atoms with Crippen LogP contribution in [0.4, 0.5) is 0 Å². The Kier molecular flexibility index (Phi) is 5.59. The maximum Gasteiger partial charge on any atom is 0.251 e. The monoisotopic (exact) mass is 309 g/mol. The van der Waals surface area contributed by atoms with Gasteiger partial charge < -0.3 is 16.0 Å². The van der Waals surface area contributed by atoms with E-state index >= 15 is 0 Å². The van der Waals surface area contributed by atoms with E-state index in [0.29, 0.717) is 10.6 Å². The van der Waals surface area contributed by atoms with Crippen molar-refractivity contribution in [3.63, 3.8) is 0 Å². The molecule has 2 atom stereocenters. The predicted molar refractivity (Wildman–Crippen MR) is 82.4 cm³/mol. The third kappa shape index (κ3) is 4.72. The van der Waals surface area contributed by atoms with Gasteiger partial charge in [0, 0.05) is 23.2 Å². The number of amides is 2. The van der Waals surface area contributed by atoms with E-state index in [0.717, 1.165) is 25.9 Å². The SMILES string of the molecule is CC(NC(=O)c1ccc(Cl)cc1)C(=O)N[C@H]1CCCNC1. The summed E-state index contributed by atoms with van der Waals surface area (Å²) in [6.07, 6.45) is 2.02. The highest BCUT2D eigenvalue weighted by atomic mass is 35.5. The van der Waals surface area contributed by atoms with Gasteiger partial charge in [0.25, 0.3) is 5.91 Å². The van der Waals surface area contributed by atoms with Crippen molar-refractivity contribution in [2.45, 2.75) is 31.8 Å². The highest BCUT2D eigenvalue weighted by molar-refractivity contribution is 6.30. The van der Waals surface area contributed by atoms with E-state index in [1.54, 1.807) is 31.2 Å². The van der Waals surface area contributed by atoms with E-state index < -0.39 is 6.04 Å². The van der Waals surface area contributed by atoms with Gasteiger partial charge >= 0.3 is 0 Å². The number of carbonyl (C=O) groups is 2. The Morgan fingerprint density at radius 2 is 2.05 bits per heavy atom. The number of hydrogen-bond acceptors (Lipinski definition) is 3. The molecule has 6 heteroatoms. The van der Waals surface area contributed by atoms with E-state index in [1.807, 2.05) is 0 Å². The van der Waals surface area contributed by atoms with Gasteiger partial charge in [-0.3, -0.25) is 9.59 Å². The van der Waals surface area contributed by atoms with Crippen molar-refractivity contribution in [2.75, 3.05) is 13.1 Å². The van der Waals surface area contributed by atoms with E-state index in [9.17, 15) is 9.59 Å². The first-order valence-corrected chi connectivity index (χ1v) is 7.51. The molecule has 114 valence electrons. The summed E-state index contributed by atoms with van der Waals surface area (Å²) in [5, 5.41) is 9.45. The van der Waals surface area contributed by atoms with Crippen LogP contribution in [0.5, 0.6) is 0 Å². The van der Waals surface area contributed by atoms with Crippen LogP contribution in [-0.4, -0.2) is 37.0 Å². The Labute approximate surface area is 129 Å².